The molecule has 0 saturated carbocycles. The van der Waals surface area contributed by atoms with E-state index in [1.165, 1.54) is 25.7 Å². The molecule has 1 N–H and O–H groups in total. The number of anilines is 1. The number of aryl methyl sites for hydroxylation is 1. The molecule has 108 valence electrons. The van der Waals surface area contributed by atoms with Crippen LogP contribution >= 0.6 is 11.6 Å². The Balaban J connectivity index is 2.25. The lowest BCUT2D eigenvalue weighted by Gasteiger charge is -2.18. The molecule has 3 heteroatoms. The van der Waals surface area contributed by atoms with E-state index in [4.69, 9.17) is 11.6 Å². The summed E-state index contributed by atoms with van der Waals surface area (Å²) in [5.41, 5.74) is 3.17. The van der Waals surface area contributed by atoms with Gasteiger partial charge in [-0.15, -0.1) is 0 Å². The quantitative estimate of drug-likeness (QED) is 0.703. The zero-order valence-electron chi connectivity index (χ0n) is 12.5. The van der Waals surface area contributed by atoms with E-state index in [0.717, 1.165) is 27.2 Å². The van der Waals surface area contributed by atoms with Gasteiger partial charge in [0.2, 0.25) is 0 Å². The summed E-state index contributed by atoms with van der Waals surface area (Å²) in [7, 11) is 0. The molecule has 0 amide bonds. The van der Waals surface area contributed by atoms with Gasteiger partial charge in [0, 0.05) is 17.6 Å². The molecular weight excluding hydrogens is 268 g/mol. The van der Waals surface area contributed by atoms with Crippen LogP contribution in [0.3, 0.4) is 0 Å². The summed E-state index contributed by atoms with van der Waals surface area (Å²) in [4.78, 5) is 4.47. The lowest BCUT2D eigenvalue weighted by Crippen LogP contribution is -2.15. The fraction of sp³-hybridized carbons (Fsp3) is 0.471. The molecule has 0 aliphatic heterocycles. The molecule has 0 fully saturated rings. The SMILES string of the molecule is CCCCCC(C)Nc1c(Cl)cc(C)c2ncccc12. The molecule has 1 unspecified atom stereocenters. The van der Waals surface area contributed by atoms with Gasteiger partial charge in [-0.05, 0) is 44.0 Å². The van der Waals surface area contributed by atoms with Crippen molar-refractivity contribution in [2.45, 2.75) is 52.5 Å². The number of aromatic nitrogens is 1. The van der Waals surface area contributed by atoms with Crippen LogP contribution in [-0.2, 0) is 0 Å². The van der Waals surface area contributed by atoms with Crippen LogP contribution in [0.15, 0.2) is 24.4 Å². The van der Waals surface area contributed by atoms with E-state index in [2.05, 4.69) is 37.1 Å². The summed E-state index contributed by atoms with van der Waals surface area (Å²) in [5.74, 6) is 0. The highest BCUT2D eigenvalue weighted by atomic mass is 35.5. The molecule has 1 heterocycles. The molecule has 1 aromatic heterocycles. The van der Waals surface area contributed by atoms with E-state index in [0.29, 0.717) is 6.04 Å². The lowest BCUT2D eigenvalue weighted by atomic mass is 10.1. The Kier molecular flexibility index (Phi) is 5.24. The number of benzene rings is 1. The fourth-order valence-corrected chi connectivity index (χ4v) is 2.87. The second kappa shape index (κ2) is 6.94. The number of halogens is 1. The van der Waals surface area contributed by atoms with Gasteiger partial charge in [-0.3, -0.25) is 4.98 Å². The first-order valence-corrected chi connectivity index (χ1v) is 7.81. The summed E-state index contributed by atoms with van der Waals surface area (Å²) in [5, 5.41) is 5.46. The average Bonchev–Trinajstić information content (AvgIpc) is 2.44. The minimum Gasteiger partial charge on any atom is -0.381 e. The maximum atomic E-state index is 6.42. The van der Waals surface area contributed by atoms with Gasteiger partial charge in [0.1, 0.15) is 0 Å². The highest BCUT2D eigenvalue weighted by molar-refractivity contribution is 6.35. The zero-order valence-corrected chi connectivity index (χ0v) is 13.3. The van der Waals surface area contributed by atoms with E-state index in [9.17, 15) is 0 Å². The lowest BCUT2D eigenvalue weighted by molar-refractivity contribution is 0.615. The largest absolute Gasteiger partial charge is 0.381 e. The van der Waals surface area contributed by atoms with Gasteiger partial charge in [-0.1, -0.05) is 37.8 Å². The van der Waals surface area contributed by atoms with Crippen molar-refractivity contribution in [3.8, 4) is 0 Å². The molecule has 1 aromatic carbocycles. The molecule has 0 radical (unpaired) electrons. The van der Waals surface area contributed by atoms with E-state index >= 15 is 0 Å². The van der Waals surface area contributed by atoms with Crippen LogP contribution in [0.4, 0.5) is 5.69 Å². The summed E-state index contributed by atoms with van der Waals surface area (Å²) >= 11 is 6.42. The molecule has 0 spiro atoms. The molecular formula is C17H23ClN2. The molecule has 20 heavy (non-hydrogen) atoms. The maximum absolute atomic E-state index is 6.42. The van der Waals surface area contributed by atoms with Gasteiger partial charge in [0.15, 0.2) is 0 Å². The van der Waals surface area contributed by atoms with Crippen molar-refractivity contribution in [2.24, 2.45) is 0 Å². The molecule has 0 aliphatic rings. The Labute approximate surface area is 126 Å². The summed E-state index contributed by atoms with van der Waals surface area (Å²) in [6.07, 6.45) is 6.79. The summed E-state index contributed by atoms with van der Waals surface area (Å²) < 4.78 is 0. The molecule has 0 aliphatic carbocycles. The topological polar surface area (TPSA) is 24.9 Å². The van der Waals surface area contributed by atoms with Crippen molar-refractivity contribution in [3.63, 3.8) is 0 Å². The number of rotatable bonds is 6. The van der Waals surface area contributed by atoms with E-state index in [1.807, 2.05) is 18.3 Å². The first kappa shape index (κ1) is 15.1. The van der Waals surface area contributed by atoms with E-state index in [1.54, 1.807) is 0 Å². The van der Waals surface area contributed by atoms with Crippen LogP contribution in [0, 0.1) is 6.92 Å². The molecule has 0 saturated heterocycles. The fourth-order valence-electron chi connectivity index (χ4n) is 2.55. The number of nitrogens with zero attached hydrogens (tertiary/aromatic N) is 1. The van der Waals surface area contributed by atoms with Crippen molar-refractivity contribution in [1.82, 2.24) is 4.98 Å². The third-order valence-corrected chi connectivity index (χ3v) is 3.96. The second-order valence-corrected chi connectivity index (χ2v) is 5.90. The van der Waals surface area contributed by atoms with E-state index in [-0.39, 0.29) is 0 Å². The standard InChI is InChI=1S/C17H23ClN2/c1-4-5-6-8-13(3)20-17-14-9-7-10-19-16(14)12(2)11-15(17)18/h7,9-11,13,20H,4-6,8H2,1-3H3. The van der Waals surface area contributed by atoms with Gasteiger partial charge in [0.05, 0.1) is 16.2 Å². The summed E-state index contributed by atoms with van der Waals surface area (Å²) in [6, 6.07) is 6.47. The predicted octanol–water partition coefficient (Wildman–Crippen LogP) is 5.58. The van der Waals surface area contributed by atoms with Crippen LogP contribution in [0.2, 0.25) is 5.02 Å². The minimum absolute atomic E-state index is 0.421. The highest BCUT2D eigenvalue weighted by Gasteiger charge is 2.11. The van der Waals surface area contributed by atoms with Crippen LogP contribution in [0.1, 0.15) is 45.1 Å². The van der Waals surface area contributed by atoms with Crippen molar-refractivity contribution in [2.75, 3.05) is 5.32 Å². The minimum atomic E-state index is 0.421. The van der Waals surface area contributed by atoms with Gasteiger partial charge >= 0.3 is 0 Å². The molecule has 2 rings (SSSR count). The normalized spacial score (nSPS) is 12.6. The first-order chi connectivity index (χ1) is 9.63. The molecule has 1 atom stereocenters. The van der Waals surface area contributed by atoms with Crippen LogP contribution < -0.4 is 5.32 Å². The average molecular weight is 291 g/mol. The van der Waals surface area contributed by atoms with Gasteiger partial charge < -0.3 is 5.32 Å². The Morgan fingerprint density at radius 2 is 2.15 bits per heavy atom. The summed E-state index contributed by atoms with van der Waals surface area (Å²) in [6.45, 7) is 6.50. The first-order valence-electron chi connectivity index (χ1n) is 7.43. The zero-order chi connectivity index (χ0) is 14.5. The van der Waals surface area contributed by atoms with Gasteiger partial charge in [0.25, 0.3) is 0 Å². The Morgan fingerprint density at radius 3 is 2.90 bits per heavy atom. The number of nitrogens with one attached hydrogen (secondary N) is 1. The third kappa shape index (κ3) is 3.43. The number of unbranched alkanes of at least 4 members (excludes halogenated alkanes) is 2. The van der Waals surface area contributed by atoms with Gasteiger partial charge in [-0.2, -0.15) is 0 Å². The Bertz CT molecular complexity index is 580. The Hall–Kier alpha value is -1.28. The smallest absolute Gasteiger partial charge is 0.0752 e. The Morgan fingerprint density at radius 1 is 1.35 bits per heavy atom. The second-order valence-electron chi connectivity index (χ2n) is 5.49. The highest BCUT2D eigenvalue weighted by Crippen LogP contribution is 2.33. The predicted molar refractivity (Wildman–Crippen MR) is 88.7 cm³/mol. The number of hydrogen-bond acceptors (Lipinski definition) is 2. The molecule has 2 aromatic rings. The van der Waals surface area contributed by atoms with Crippen molar-refractivity contribution < 1.29 is 0 Å². The maximum Gasteiger partial charge on any atom is 0.0752 e. The monoisotopic (exact) mass is 290 g/mol. The van der Waals surface area contributed by atoms with E-state index < -0.39 is 0 Å². The number of fused-ring (bicyclic) bond motifs is 1. The van der Waals surface area contributed by atoms with Crippen molar-refractivity contribution >= 4 is 28.2 Å². The van der Waals surface area contributed by atoms with Crippen molar-refractivity contribution in [1.29, 1.82) is 0 Å². The third-order valence-electron chi connectivity index (χ3n) is 3.66. The van der Waals surface area contributed by atoms with Crippen LogP contribution in [0.25, 0.3) is 10.9 Å². The number of pyridine rings is 1. The molecule has 0 bridgehead atoms. The van der Waals surface area contributed by atoms with Crippen molar-refractivity contribution in [3.05, 3.63) is 35.0 Å². The van der Waals surface area contributed by atoms with Crippen LogP contribution in [-0.4, -0.2) is 11.0 Å². The van der Waals surface area contributed by atoms with Crippen LogP contribution in [0.5, 0.6) is 0 Å². The molecule has 2 nitrogen and oxygen atoms in total. The van der Waals surface area contributed by atoms with Gasteiger partial charge in [-0.25, -0.2) is 0 Å². The number of hydrogen-bond donors (Lipinski definition) is 1.